The van der Waals surface area contributed by atoms with Crippen molar-refractivity contribution in [1.29, 1.82) is 0 Å². The molecule has 1 unspecified atom stereocenters. The summed E-state index contributed by atoms with van der Waals surface area (Å²) in [4.78, 5) is 23.0. The number of aromatic amines is 1. The van der Waals surface area contributed by atoms with Gasteiger partial charge in [0.05, 0.1) is 12.3 Å². The summed E-state index contributed by atoms with van der Waals surface area (Å²) < 4.78 is 5.46. The average Bonchev–Trinajstić information content (AvgIpc) is 3.63. The van der Waals surface area contributed by atoms with Crippen LogP contribution in [0.1, 0.15) is 27.9 Å². The molecule has 2 aliphatic rings. The number of aromatic nitrogens is 3. The number of hydrogen-bond acceptors (Lipinski definition) is 6. The summed E-state index contributed by atoms with van der Waals surface area (Å²) in [6.07, 6.45) is 2.99. The van der Waals surface area contributed by atoms with E-state index in [-0.39, 0.29) is 5.91 Å². The van der Waals surface area contributed by atoms with Crippen molar-refractivity contribution in [2.24, 2.45) is 5.92 Å². The molecule has 40 heavy (non-hydrogen) atoms. The van der Waals surface area contributed by atoms with Gasteiger partial charge in [0.25, 0.3) is 5.91 Å². The maximum Gasteiger partial charge on any atom is 0.253 e. The Labute approximate surface area is 235 Å². The molecule has 208 valence electrons. The number of nitrogens with zero attached hydrogens (tertiary/aromatic N) is 5. The number of aryl methyl sites for hydroxylation is 2. The smallest absolute Gasteiger partial charge is 0.253 e. The van der Waals surface area contributed by atoms with Crippen LogP contribution in [0.3, 0.4) is 0 Å². The van der Waals surface area contributed by atoms with Crippen molar-refractivity contribution in [3.05, 3.63) is 65.4 Å². The molecule has 0 bridgehead atoms. The van der Waals surface area contributed by atoms with E-state index in [1.807, 2.05) is 37.5 Å². The van der Waals surface area contributed by atoms with Crippen LogP contribution in [0.2, 0.25) is 0 Å². The van der Waals surface area contributed by atoms with E-state index in [2.05, 4.69) is 64.1 Å². The number of anilines is 1. The van der Waals surface area contributed by atoms with E-state index in [1.165, 1.54) is 16.8 Å². The highest BCUT2D eigenvalue weighted by atomic mass is 16.5. The molecule has 2 aromatic carbocycles. The van der Waals surface area contributed by atoms with Crippen LogP contribution in [0.4, 0.5) is 5.69 Å². The Hall–Kier alpha value is -3.75. The summed E-state index contributed by atoms with van der Waals surface area (Å²) in [5.74, 6) is 0.460. The molecule has 2 aliphatic heterocycles. The number of fused-ring (bicyclic) bond motifs is 1. The SMILES string of the molecule is Cc1cc(-c2cc3c(-c4ccc(C(=O)N(C)CC5CCOC5)cc4)c[nH]c3nn2)cc(C)c1N1CCN(C)CC1. The second kappa shape index (κ2) is 11.0. The van der Waals surface area contributed by atoms with Gasteiger partial charge in [-0.25, -0.2) is 0 Å². The molecule has 0 saturated carbocycles. The fraction of sp³-hybridized carbons (Fsp3) is 0.406. The molecule has 4 aromatic rings. The molecular weight excluding hydrogens is 500 g/mol. The van der Waals surface area contributed by atoms with Crippen LogP contribution in [0.25, 0.3) is 33.4 Å². The lowest BCUT2D eigenvalue weighted by atomic mass is 9.99. The molecule has 1 N–H and O–H groups in total. The standard InChI is InChI=1S/C32H38N6O2/c1-21-15-26(16-22(2)30(21)38-12-10-36(3)11-13-38)29-17-27-28(18-33-31(27)35-34-29)24-5-7-25(8-6-24)32(39)37(4)19-23-9-14-40-20-23/h5-8,15-18,23H,9-14,19-20H2,1-4H3,(H,33,35). The number of hydrogen-bond donors (Lipinski definition) is 1. The van der Waals surface area contributed by atoms with Gasteiger partial charge in [-0.05, 0) is 74.3 Å². The normalized spacial score (nSPS) is 18.0. The number of nitrogens with one attached hydrogen (secondary N) is 1. The number of carbonyl (C=O) groups excluding carboxylic acids is 1. The van der Waals surface area contributed by atoms with Crippen LogP contribution < -0.4 is 4.90 Å². The third-order valence-electron chi connectivity index (χ3n) is 8.39. The van der Waals surface area contributed by atoms with Gasteiger partial charge >= 0.3 is 0 Å². The molecule has 8 nitrogen and oxygen atoms in total. The second-order valence-corrected chi connectivity index (χ2v) is 11.4. The van der Waals surface area contributed by atoms with Crippen LogP contribution in [-0.4, -0.2) is 90.9 Å². The molecule has 8 heteroatoms. The number of carbonyl (C=O) groups is 1. The van der Waals surface area contributed by atoms with E-state index in [9.17, 15) is 4.79 Å². The minimum absolute atomic E-state index is 0.0382. The third kappa shape index (κ3) is 5.21. The molecule has 0 aliphatic carbocycles. The molecule has 2 fully saturated rings. The van der Waals surface area contributed by atoms with Crippen LogP contribution >= 0.6 is 0 Å². The molecule has 2 saturated heterocycles. The maximum atomic E-state index is 13.0. The van der Waals surface area contributed by atoms with Crippen molar-refractivity contribution in [3.63, 3.8) is 0 Å². The summed E-state index contributed by atoms with van der Waals surface area (Å²) in [7, 11) is 4.06. The highest BCUT2D eigenvalue weighted by Gasteiger charge is 2.22. The second-order valence-electron chi connectivity index (χ2n) is 11.4. The highest BCUT2D eigenvalue weighted by molar-refractivity contribution is 5.97. The lowest BCUT2D eigenvalue weighted by molar-refractivity contribution is 0.0766. The number of H-pyrrole nitrogens is 1. The van der Waals surface area contributed by atoms with Gasteiger partial charge in [0.1, 0.15) is 0 Å². The predicted molar refractivity (Wildman–Crippen MR) is 160 cm³/mol. The van der Waals surface area contributed by atoms with Gasteiger partial charge in [-0.15, -0.1) is 10.2 Å². The zero-order chi connectivity index (χ0) is 27.8. The number of likely N-dealkylation sites (N-methyl/N-ethyl adjacent to an activating group) is 1. The van der Waals surface area contributed by atoms with Gasteiger partial charge in [-0.2, -0.15) is 0 Å². The lowest BCUT2D eigenvalue weighted by Gasteiger charge is -2.36. The van der Waals surface area contributed by atoms with Gasteiger partial charge in [0.15, 0.2) is 5.65 Å². The molecule has 6 rings (SSSR count). The number of amides is 1. The van der Waals surface area contributed by atoms with Crippen LogP contribution in [0.15, 0.2) is 48.7 Å². The maximum absolute atomic E-state index is 13.0. The summed E-state index contributed by atoms with van der Waals surface area (Å²) in [5.41, 5.74) is 9.32. The van der Waals surface area contributed by atoms with Crippen molar-refractivity contribution in [1.82, 2.24) is 25.0 Å². The zero-order valence-corrected chi connectivity index (χ0v) is 23.9. The van der Waals surface area contributed by atoms with Gasteiger partial charge in [-0.1, -0.05) is 12.1 Å². The van der Waals surface area contributed by atoms with Crippen molar-refractivity contribution in [2.45, 2.75) is 20.3 Å². The van der Waals surface area contributed by atoms with E-state index in [0.717, 1.165) is 85.8 Å². The summed E-state index contributed by atoms with van der Waals surface area (Å²) in [6, 6.07) is 14.4. The van der Waals surface area contributed by atoms with Crippen molar-refractivity contribution >= 4 is 22.6 Å². The first-order chi connectivity index (χ1) is 19.4. The van der Waals surface area contributed by atoms with Crippen molar-refractivity contribution in [2.75, 3.05) is 64.9 Å². The minimum Gasteiger partial charge on any atom is -0.381 e. The average molecular weight is 539 g/mol. The van der Waals surface area contributed by atoms with Crippen molar-refractivity contribution < 1.29 is 9.53 Å². The van der Waals surface area contributed by atoms with E-state index in [4.69, 9.17) is 4.74 Å². The van der Waals surface area contributed by atoms with Gasteiger partial charge in [0, 0.05) is 86.3 Å². The zero-order valence-electron chi connectivity index (χ0n) is 23.9. The monoisotopic (exact) mass is 538 g/mol. The predicted octanol–water partition coefficient (Wildman–Crippen LogP) is 4.77. The largest absolute Gasteiger partial charge is 0.381 e. The van der Waals surface area contributed by atoms with Crippen LogP contribution in [-0.2, 0) is 4.74 Å². The Morgan fingerprint density at radius 1 is 1.02 bits per heavy atom. The summed E-state index contributed by atoms with van der Waals surface area (Å²) in [5, 5.41) is 10.1. The third-order valence-corrected chi connectivity index (χ3v) is 8.39. The number of rotatable bonds is 6. The Morgan fingerprint density at radius 2 is 1.75 bits per heavy atom. The molecule has 0 radical (unpaired) electrons. The minimum atomic E-state index is 0.0382. The van der Waals surface area contributed by atoms with Crippen molar-refractivity contribution in [3.8, 4) is 22.4 Å². The summed E-state index contributed by atoms with van der Waals surface area (Å²) in [6.45, 7) is 10.9. The van der Waals surface area contributed by atoms with Crippen LogP contribution in [0.5, 0.6) is 0 Å². The molecule has 1 amide bonds. The first kappa shape index (κ1) is 26.5. The first-order valence-corrected chi connectivity index (χ1v) is 14.2. The van der Waals surface area contributed by atoms with E-state index >= 15 is 0 Å². The Morgan fingerprint density at radius 3 is 2.42 bits per heavy atom. The lowest BCUT2D eigenvalue weighted by Crippen LogP contribution is -2.45. The summed E-state index contributed by atoms with van der Waals surface area (Å²) >= 11 is 0. The van der Waals surface area contributed by atoms with Gasteiger partial charge < -0.3 is 24.4 Å². The van der Waals surface area contributed by atoms with E-state index < -0.39 is 0 Å². The Kier molecular flexibility index (Phi) is 7.29. The van der Waals surface area contributed by atoms with E-state index in [0.29, 0.717) is 11.5 Å². The Bertz CT molecular complexity index is 1490. The Balaban J connectivity index is 1.24. The number of piperazine rings is 1. The topological polar surface area (TPSA) is 77.6 Å². The number of benzene rings is 2. The molecule has 2 aromatic heterocycles. The van der Waals surface area contributed by atoms with E-state index in [1.54, 1.807) is 4.90 Å². The number of ether oxygens (including phenoxy) is 1. The molecule has 4 heterocycles. The fourth-order valence-corrected chi connectivity index (χ4v) is 6.14. The van der Waals surface area contributed by atoms with Crippen LogP contribution in [0, 0.1) is 19.8 Å². The fourth-order valence-electron chi connectivity index (χ4n) is 6.14. The molecule has 0 spiro atoms. The first-order valence-electron chi connectivity index (χ1n) is 14.2. The van der Waals surface area contributed by atoms with Gasteiger partial charge in [0.2, 0.25) is 0 Å². The molecular formula is C32H38N6O2. The molecule has 1 atom stereocenters. The quantitative estimate of drug-likeness (QED) is 0.381. The van der Waals surface area contributed by atoms with Gasteiger partial charge in [-0.3, -0.25) is 4.79 Å². The highest BCUT2D eigenvalue weighted by Crippen LogP contribution is 2.34.